The van der Waals surface area contributed by atoms with Crippen molar-refractivity contribution in [2.45, 2.75) is 18.9 Å². The van der Waals surface area contributed by atoms with E-state index >= 15 is 0 Å². The molecule has 0 aliphatic carbocycles. The second-order valence-corrected chi connectivity index (χ2v) is 10.3. The number of rotatable bonds is 9. The largest absolute Gasteiger partial charge is 0.497 e. The summed E-state index contributed by atoms with van der Waals surface area (Å²) in [5.74, 6) is 1.48. The number of para-hydroxylation sites is 2. The lowest BCUT2D eigenvalue weighted by Gasteiger charge is -2.36. The van der Waals surface area contributed by atoms with Crippen LogP contribution in [-0.2, 0) is 17.8 Å². The van der Waals surface area contributed by atoms with Crippen LogP contribution in [0.2, 0.25) is 0 Å². The van der Waals surface area contributed by atoms with Crippen LogP contribution in [0, 0.1) is 11.3 Å². The third-order valence-corrected chi connectivity index (χ3v) is 7.63. The van der Waals surface area contributed by atoms with Gasteiger partial charge in [-0.1, -0.05) is 30.3 Å². The predicted octanol–water partition coefficient (Wildman–Crippen LogP) is 3.66. The lowest BCUT2D eigenvalue weighted by molar-refractivity contribution is -0.121. The third kappa shape index (κ3) is 5.92. The molecule has 2 aliphatic rings. The molecule has 1 saturated heterocycles. The van der Waals surface area contributed by atoms with Gasteiger partial charge in [0.25, 0.3) is 0 Å². The number of methoxy groups -OCH3 is 1. The minimum Gasteiger partial charge on any atom is -0.497 e. The summed E-state index contributed by atoms with van der Waals surface area (Å²) in [4.78, 5) is 27.5. The summed E-state index contributed by atoms with van der Waals surface area (Å²) in [6.45, 7) is 4.44. The molecule has 6 rings (SSSR count). The Morgan fingerprint density at radius 1 is 0.976 bits per heavy atom. The number of hydrogen-bond acceptors (Lipinski definition) is 9. The first kappa shape index (κ1) is 27.3. The van der Waals surface area contributed by atoms with Crippen molar-refractivity contribution in [3.8, 4) is 23.3 Å². The average molecular weight is 565 g/mol. The molecule has 42 heavy (non-hydrogen) atoms. The quantitative estimate of drug-likeness (QED) is 0.325. The molecule has 1 amide bonds. The zero-order valence-corrected chi connectivity index (χ0v) is 23.5. The molecule has 214 valence electrons. The molecule has 1 fully saturated rings. The Balaban J connectivity index is 1.16. The Hall–Kier alpha value is -4.88. The van der Waals surface area contributed by atoms with E-state index in [4.69, 9.17) is 24.2 Å². The Kier molecular flexibility index (Phi) is 8.01. The fourth-order valence-corrected chi connectivity index (χ4v) is 5.31. The number of piperazine rings is 1. The van der Waals surface area contributed by atoms with Gasteiger partial charge in [0.05, 0.1) is 24.2 Å². The summed E-state index contributed by atoms with van der Waals surface area (Å²) in [5.41, 5.74) is 4.01. The molecule has 0 unspecified atom stereocenters. The zero-order chi connectivity index (χ0) is 28.9. The maximum absolute atomic E-state index is 13.3. The molecule has 1 N–H and O–H groups in total. The number of nitriles is 1. The monoisotopic (exact) mass is 564 g/mol. The number of fused-ring (bicyclic) bond motifs is 2. The van der Waals surface area contributed by atoms with Crippen molar-refractivity contribution in [1.82, 2.24) is 20.2 Å². The molecule has 3 heterocycles. The number of nitrogens with zero attached hydrogens (tertiary/aromatic N) is 5. The van der Waals surface area contributed by atoms with Gasteiger partial charge in [0.1, 0.15) is 11.4 Å². The van der Waals surface area contributed by atoms with Crippen molar-refractivity contribution in [1.29, 1.82) is 5.26 Å². The lowest BCUT2D eigenvalue weighted by atomic mass is 10.0. The van der Waals surface area contributed by atoms with Crippen LogP contribution >= 0.6 is 0 Å². The van der Waals surface area contributed by atoms with Gasteiger partial charge in [0.2, 0.25) is 12.7 Å². The Labute approximate surface area is 244 Å². The number of nitrogens with one attached hydrogen (secondary N) is 1. The SMILES string of the molecule is COc1ccc(CCNC(=O)[C@H](C#N)c2nc3ccccc3nc2N2CCN(Cc3ccc4c(c3)OCO4)CC2)cc1. The van der Waals surface area contributed by atoms with Crippen LogP contribution in [0.15, 0.2) is 66.7 Å². The van der Waals surface area contributed by atoms with E-state index in [-0.39, 0.29) is 12.7 Å². The summed E-state index contributed by atoms with van der Waals surface area (Å²) in [7, 11) is 1.63. The molecule has 2 aliphatic heterocycles. The summed E-state index contributed by atoms with van der Waals surface area (Å²) < 4.78 is 16.2. The van der Waals surface area contributed by atoms with Crippen LogP contribution in [0.3, 0.4) is 0 Å². The molecule has 1 atom stereocenters. The van der Waals surface area contributed by atoms with Gasteiger partial charge in [-0.15, -0.1) is 0 Å². The molecule has 0 saturated carbocycles. The van der Waals surface area contributed by atoms with Crippen molar-refractivity contribution in [2.24, 2.45) is 0 Å². The summed E-state index contributed by atoms with van der Waals surface area (Å²) in [6.07, 6.45) is 0.634. The van der Waals surface area contributed by atoms with E-state index < -0.39 is 5.92 Å². The highest BCUT2D eigenvalue weighted by Crippen LogP contribution is 2.33. The Bertz CT molecular complexity index is 1610. The zero-order valence-electron chi connectivity index (χ0n) is 23.5. The predicted molar refractivity (Wildman–Crippen MR) is 158 cm³/mol. The molecule has 1 aromatic heterocycles. The molecule has 10 nitrogen and oxygen atoms in total. The fourth-order valence-electron chi connectivity index (χ4n) is 5.31. The number of carbonyl (C=O) groups excluding carboxylic acids is 1. The number of ether oxygens (including phenoxy) is 3. The van der Waals surface area contributed by atoms with Crippen LogP contribution in [0.1, 0.15) is 22.7 Å². The lowest BCUT2D eigenvalue weighted by Crippen LogP contribution is -2.47. The Morgan fingerprint density at radius 3 is 2.43 bits per heavy atom. The molecule has 0 bridgehead atoms. The van der Waals surface area contributed by atoms with Gasteiger partial charge in [-0.25, -0.2) is 9.97 Å². The molecule has 4 aromatic rings. The van der Waals surface area contributed by atoms with Gasteiger partial charge in [-0.05, 0) is 53.9 Å². The first-order chi connectivity index (χ1) is 20.6. The highest BCUT2D eigenvalue weighted by molar-refractivity contribution is 5.88. The molecule has 0 spiro atoms. The van der Waals surface area contributed by atoms with Gasteiger partial charge in [-0.3, -0.25) is 9.69 Å². The van der Waals surface area contributed by atoms with E-state index in [1.165, 1.54) is 0 Å². The van der Waals surface area contributed by atoms with Crippen LogP contribution < -0.4 is 24.4 Å². The third-order valence-electron chi connectivity index (χ3n) is 7.63. The maximum atomic E-state index is 13.3. The number of anilines is 1. The minimum absolute atomic E-state index is 0.261. The van der Waals surface area contributed by atoms with Gasteiger partial charge in [0.15, 0.2) is 23.2 Å². The standard InChI is InChI=1S/C32H32N6O4/c1-40-24-9-6-22(7-10-24)12-13-34-32(39)25(19-33)30-31(36-27-5-3-2-4-26(27)35-30)38-16-14-37(15-17-38)20-23-8-11-28-29(18-23)42-21-41-28/h2-11,18,25H,12-17,20-21H2,1H3,(H,34,39)/t25-/m1/s1. The van der Waals surface area contributed by atoms with Crippen molar-refractivity contribution < 1.29 is 19.0 Å². The number of amides is 1. The smallest absolute Gasteiger partial charge is 0.243 e. The van der Waals surface area contributed by atoms with Gasteiger partial charge >= 0.3 is 0 Å². The number of aromatic nitrogens is 2. The second-order valence-electron chi connectivity index (χ2n) is 10.3. The number of benzene rings is 3. The van der Waals surface area contributed by atoms with E-state index in [2.05, 4.69) is 27.3 Å². The molecule has 3 aromatic carbocycles. The second kappa shape index (κ2) is 12.3. The van der Waals surface area contributed by atoms with Gasteiger partial charge in [-0.2, -0.15) is 5.26 Å². The first-order valence-electron chi connectivity index (χ1n) is 14.0. The number of hydrogen-bond donors (Lipinski definition) is 1. The summed E-state index contributed by atoms with van der Waals surface area (Å²) in [6, 6.07) is 23.5. The van der Waals surface area contributed by atoms with Crippen LogP contribution in [0.5, 0.6) is 17.2 Å². The van der Waals surface area contributed by atoms with Crippen LogP contribution in [0.4, 0.5) is 5.82 Å². The fraction of sp³-hybridized carbons (Fsp3) is 0.312. The van der Waals surface area contributed by atoms with Crippen molar-refractivity contribution >= 4 is 22.8 Å². The van der Waals surface area contributed by atoms with E-state index in [1.807, 2.05) is 60.7 Å². The van der Waals surface area contributed by atoms with Crippen LogP contribution in [-0.4, -0.2) is 67.4 Å². The van der Waals surface area contributed by atoms with Gasteiger partial charge in [0, 0.05) is 39.3 Å². The minimum atomic E-state index is -1.08. The maximum Gasteiger partial charge on any atom is 0.243 e. The molecule has 0 radical (unpaired) electrons. The number of carbonyl (C=O) groups is 1. The van der Waals surface area contributed by atoms with Crippen LogP contribution in [0.25, 0.3) is 11.0 Å². The van der Waals surface area contributed by atoms with E-state index in [0.717, 1.165) is 53.5 Å². The normalized spacial score (nSPS) is 15.3. The average Bonchev–Trinajstić information content (AvgIpc) is 3.50. The highest BCUT2D eigenvalue weighted by Gasteiger charge is 2.30. The van der Waals surface area contributed by atoms with E-state index in [0.29, 0.717) is 43.1 Å². The van der Waals surface area contributed by atoms with Crippen molar-refractivity contribution in [3.05, 3.63) is 83.6 Å². The Morgan fingerprint density at radius 2 is 1.69 bits per heavy atom. The van der Waals surface area contributed by atoms with Gasteiger partial charge < -0.3 is 24.4 Å². The van der Waals surface area contributed by atoms with Crippen molar-refractivity contribution in [2.75, 3.05) is 51.5 Å². The van der Waals surface area contributed by atoms with E-state index in [9.17, 15) is 10.1 Å². The molecule has 10 heteroatoms. The topological polar surface area (TPSA) is 113 Å². The highest BCUT2D eigenvalue weighted by atomic mass is 16.7. The summed E-state index contributed by atoms with van der Waals surface area (Å²) >= 11 is 0. The van der Waals surface area contributed by atoms with Crippen molar-refractivity contribution in [3.63, 3.8) is 0 Å². The molecular weight excluding hydrogens is 532 g/mol. The first-order valence-corrected chi connectivity index (χ1v) is 14.0. The summed E-state index contributed by atoms with van der Waals surface area (Å²) in [5, 5.41) is 13.1. The molecular formula is C32H32N6O4. The van der Waals surface area contributed by atoms with E-state index in [1.54, 1.807) is 7.11 Å².